The molecule has 0 aliphatic heterocycles. The number of rotatable bonds is 6. The summed E-state index contributed by atoms with van der Waals surface area (Å²) in [5.41, 5.74) is 7.75. The molecule has 0 fully saturated rings. The monoisotopic (exact) mass is 300 g/mol. The van der Waals surface area contributed by atoms with Gasteiger partial charge < -0.3 is 9.97 Å². The van der Waals surface area contributed by atoms with Crippen LogP contribution in [0.2, 0.25) is 0 Å². The molecule has 0 atom stereocenters. The number of aldehydes is 2. The third-order valence-corrected chi connectivity index (χ3v) is 4.41. The first-order valence-corrected chi connectivity index (χ1v) is 7.67. The van der Waals surface area contributed by atoms with Crippen molar-refractivity contribution in [2.75, 3.05) is 0 Å². The Morgan fingerprint density at radius 3 is 1.91 bits per heavy atom. The summed E-state index contributed by atoms with van der Waals surface area (Å²) >= 11 is 0. The lowest BCUT2D eigenvalue weighted by Crippen LogP contribution is -2.01. The first-order valence-electron chi connectivity index (χ1n) is 7.67. The molecule has 0 spiro atoms. The number of hydrogen-bond donors (Lipinski definition) is 2. The third-order valence-electron chi connectivity index (χ3n) is 4.41. The van der Waals surface area contributed by atoms with Crippen molar-refractivity contribution < 1.29 is 9.59 Å². The average molecular weight is 300 g/mol. The molecule has 0 amide bonds. The van der Waals surface area contributed by atoms with Crippen LogP contribution in [0.5, 0.6) is 0 Å². The van der Waals surface area contributed by atoms with E-state index in [-0.39, 0.29) is 0 Å². The number of carbonyl (C=O) groups excluding carboxylic acids is 2. The zero-order valence-corrected chi connectivity index (χ0v) is 14.0. The lowest BCUT2D eigenvalue weighted by atomic mass is 9.97. The van der Waals surface area contributed by atoms with Crippen molar-refractivity contribution in [2.45, 2.75) is 47.5 Å². The smallest absolute Gasteiger partial charge is 0.166 e. The Balaban J connectivity index is 2.44. The van der Waals surface area contributed by atoms with E-state index in [9.17, 15) is 9.59 Å². The Morgan fingerprint density at radius 2 is 1.41 bits per heavy atom. The minimum atomic E-state index is 0.518. The van der Waals surface area contributed by atoms with Crippen LogP contribution in [-0.4, -0.2) is 22.5 Å². The fraction of sp³-hybridized carbons (Fsp3) is 0.444. The second kappa shape index (κ2) is 6.34. The lowest BCUT2D eigenvalue weighted by Gasteiger charge is -2.08. The fourth-order valence-electron chi connectivity index (χ4n) is 2.92. The van der Waals surface area contributed by atoms with Crippen molar-refractivity contribution in [3.63, 3.8) is 0 Å². The van der Waals surface area contributed by atoms with E-state index < -0.39 is 0 Å². The Hall–Kier alpha value is -2.10. The number of hydrogen-bond acceptors (Lipinski definition) is 2. The molecule has 2 heterocycles. The van der Waals surface area contributed by atoms with Gasteiger partial charge in [-0.3, -0.25) is 9.59 Å². The molecule has 118 valence electrons. The predicted octanol–water partition coefficient (Wildman–Crippen LogP) is 3.68. The second-order valence-corrected chi connectivity index (χ2v) is 6.40. The highest BCUT2D eigenvalue weighted by Gasteiger charge is 2.18. The molecule has 0 aliphatic rings. The zero-order valence-electron chi connectivity index (χ0n) is 14.0. The van der Waals surface area contributed by atoms with Crippen LogP contribution in [0.25, 0.3) is 0 Å². The van der Waals surface area contributed by atoms with Crippen molar-refractivity contribution >= 4 is 12.6 Å². The first kappa shape index (κ1) is 16.3. The van der Waals surface area contributed by atoms with Crippen LogP contribution in [0.4, 0.5) is 0 Å². The van der Waals surface area contributed by atoms with Crippen LogP contribution in [0.15, 0.2) is 0 Å². The van der Waals surface area contributed by atoms with E-state index in [2.05, 4.69) is 23.8 Å². The summed E-state index contributed by atoms with van der Waals surface area (Å²) in [6.07, 6.45) is 3.35. The molecule has 4 heteroatoms. The van der Waals surface area contributed by atoms with Crippen LogP contribution in [-0.2, 0) is 12.8 Å². The Labute approximate surface area is 131 Å². The molecule has 2 N–H and O–H groups in total. The quantitative estimate of drug-likeness (QED) is 0.799. The van der Waals surface area contributed by atoms with Crippen molar-refractivity contribution in [1.82, 2.24) is 9.97 Å². The van der Waals surface area contributed by atoms with Gasteiger partial charge in [-0.05, 0) is 55.4 Å². The summed E-state index contributed by atoms with van der Waals surface area (Å²) in [4.78, 5) is 28.7. The van der Waals surface area contributed by atoms with Gasteiger partial charge in [-0.25, -0.2) is 0 Å². The highest BCUT2D eigenvalue weighted by atomic mass is 16.1. The van der Waals surface area contributed by atoms with Gasteiger partial charge in [-0.2, -0.15) is 0 Å². The van der Waals surface area contributed by atoms with E-state index in [1.165, 1.54) is 5.56 Å². The van der Waals surface area contributed by atoms with Crippen LogP contribution in [0.3, 0.4) is 0 Å². The summed E-state index contributed by atoms with van der Waals surface area (Å²) in [6, 6.07) is 0. The second-order valence-electron chi connectivity index (χ2n) is 6.40. The van der Waals surface area contributed by atoms with Crippen molar-refractivity contribution in [3.05, 3.63) is 45.0 Å². The topological polar surface area (TPSA) is 65.7 Å². The Kier molecular flexibility index (Phi) is 4.69. The maximum absolute atomic E-state index is 11.2. The summed E-state index contributed by atoms with van der Waals surface area (Å²) in [5.74, 6) is 0.518. The summed E-state index contributed by atoms with van der Waals surface area (Å²) in [5, 5.41) is 0. The van der Waals surface area contributed by atoms with Gasteiger partial charge in [0.1, 0.15) is 0 Å². The van der Waals surface area contributed by atoms with Crippen LogP contribution < -0.4 is 0 Å². The Bertz CT molecular complexity index is 705. The molecule has 22 heavy (non-hydrogen) atoms. The fourth-order valence-corrected chi connectivity index (χ4v) is 2.92. The van der Waals surface area contributed by atoms with E-state index in [1.54, 1.807) is 0 Å². The molecule has 0 saturated carbocycles. The van der Waals surface area contributed by atoms with Gasteiger partial charge in [0.05, 0.1) is 11.4 Å². The standard InChI is InChI=1S/C18H24N2O2/c1-10(2)6-14-13(5)18(9-22)20-16(14)7-15-11(3)12(4)17(8-21)19-15/h8-10,19-20H,6-7H2,1-5H3. The number of aromatic amines is 2. The highest BCUT2D eigenvalue weighted by molar-refractivity contribution is 5.77. The normalized spacial score (nSPS) is 11.2. The molecular weight excluding hydrogens is 276 g/mol. The van der Waals surface area contributed by atoms with E-state index in [0.29, 0.717) is 23.7 Å². The van der Waals surface area contributed by atoms with E-state index >= 15 is 0 Å². The Morgan fingerprint density at radius 1 is 0.864 bits per heavy atom. The number of aromatic nitrogens is 2. The van der Waals surface area contributed by atoms with Crippen LogP contribution in [0.1, 0.15) is 68.5 Å². The van der Waals surface area contributed by atoms with E-state index in [1.807, 2.05) is 20.8 Å². The van der Waals surface area contributed by atoms with Gasteiger partial charge >= 0.3 is 0 Å². The minimum Gasteiger partial charge on any atom is -0.355 e. The maximum Gasteiger partial charge on any atom is 0.166 e. The van der Waals surface area contributed by atoms with Crippen molar-refractivity contribution in [1.29, 1.82) is 0 Å². The number of nitrogens with one attached hydrogen (secondary N) is 2. The third kappa shape index (κ3) is 2.91. The van der Waals surface area contributed by atoms with Crippen molar-refractivity contribution in [2.24, 2.45) is 5.92 Å². The molecule has 0 saturated heterocycles. The maximum atomic E-state index is 11.2. The van der Waals surface area contributed by atoms with Crippen LogP contribution >= 0.6 is 0 Å². The van der Waals surface area contributed by atoms with E-state index in [4.69, 9.17) is 0 Å². The molecule has 0 aliphatic carbocycles. The molecular formula is C18H24N2O2. The zero-order chi connectivity index (χ0) is 16.4. The molecule has 0 unspecified atom stereocenters. The van der Waals surface area contributed by atoms with Gasteiger partial charge in [-0.1, -0.05) is 13.8 Å². The van der Waals surface area contributed by atoms with Gasteiger partial charge in [0, 0.05) is 17.8 Å². The largest absolute Gasteiger partial charge is 0.355 e. The van der Waals surface area contributed by atoms with Gasteiger partial charge in [0.15, 0.2) is 12.6 Å². The van der Waals surface area contributed by atoms with Crippen molar-refractivity contribution in [3.8, 4) is 0 Å². The summed E-state index contributed by atoms with van der Waals surface area (Å²) in [7, 11) is 0. The molecule has 2 rings (SSSR count). The number of carbonyl (C=O) groups is 2. The summed E-state index contributed by atoms with van der Waals surface area (Å²) < 4.78 is 0. The van der Waals surface area contributed by atoms with E-state index in [0.717, 1.165) is 47.1 Å². The molecule has 2 aromatic rings. The minimum absolute atomic E-state index is 0.518. The molecule has 0 bridgehead atoms. The summed E-state index contributed by atoms with van der Waals surface area (Å²) in [6.45, 7) is 10.3. The molecule has 0 aromatic carbocycles. The van der Waals surface area contributed by atoms with Crippen LogP contribution in [0, 0.1) is 26.7 Å². The highest BCUT2D eigenvalue weighted by Crippen LogP contribution is 2.25. The lowest BCUT2D eigenvalue weighted by molar-refractivity contribution is 0.111. The van der Waals surface area contributed by atoms with Gasteiger partial charge in [-0.15, -0.1) is 0 Å². The first-order chi connectivity index (χ1) is 10.4. The molecule has 4 nitrogen and oxygen atoms in total. The average Bonchev–Trinajstić information content (AvgIpc) is 2.91. The predicted molar refractivity (Wildman–Crippen MR) is 87.9 cm³/mol. The number of H-pyrrole nitrogens is 2. The van der Waals surface area contributed by atoms with Gasteiger partial charge in [0.2, 0.25) is 0 Å². The van der Waals surface area contributed by atoms with Gasteiger partial charge in [0.25, 0.3) is 0 Å². The SMILES string of the molecule is Cc1c(C=O)[nH]c(Cc2[nH]c(C=O)c(C)c2CC(C)C)c1C. The molecule has 2 aromatic heterocycles. The molecule has 0 radical (unpaired) electrons.